The van der Waals surface area contributed by atoms with E-state index in [2.05, 4.69) is 64.0 Å². The first-order valence-corrected chi connectivity index (χ1v) is 27.0. The fraction of sp³-hybridized carbons (Fsp3) is 0.633. The summed E-state index contributed by atoms with van der Waals surface area (Å²) in [6.45, 7) is 17.3. The Morgan fingerprint density at radius 1 is 0.543 bits per heavy atom. The molecule has 376 valence electrons. The van der Waals surface area contributed by atoms with Gasteiger partial charge in [-0.25, -0.2) is 0 Å². The van der Waals surface area contributed by atoms with Gasteiger partial charge in [-0.15, -0.1) is 0 Å². The van der Waals surface area contributed by atoms with Crippen LogP contribution in [0.5, 0.6) is 0 Å². The van der Waals surface area contributed by atoms with Crippen LogP contribution in [0.2, 0.25) is 0 Å². The molecule has 0 unspecified atom stereocenters. The normalized spacial score (nSPS) is 28.3. The van der Waals surface area contributed by atoms with E-state index in [-0.39, 0.29) is 35.2 Å². The summed E-state index contributed by atoms with van der Waals surface area (Å²) in [4.78, 5) is 51.1. The van der Waals surface area contributed by atoms with Gasteiger partial charge in [0.2, 0.25) is 0 Å². The number of ketones is 2. The van der Waals surface area contributed by atoms with E-state index in [0.717, 1.165) is 108 Å². The van der Waals surface area contributed by atoms with Crippen LogP contribution in [0.25, 0.3) is 0 Å². The number of carbonyl (C=O) groups is 4. The van der Waals surface area contributed by atoms with Crippen LogP contribution < -0.4 is 0 Å². The molecule has 2 aromatic heterocycles. The van der Waals surface area contributed by atoms with E-state index in [0.29, 0.717) is 74.0 Å². The second kappa shape index (κ2) is 20.7. The number of nitrogens with zero attached hydrogens (tertiary/aromatic N) is 2. The standard InChI is InChI=1S/2C30H39NO4/c2*1-16(2)9-19-11-22(12-19)29-27(20-7-8-20)28(31-35-29)25-14-23(30(33)34)13-24(25)26(32)15-21-6-5-17(3)10-18(21)4/h2*5-6,10,16,19-20,22-25H,7-9,11-15H2,1-4H3,(H,33,34)/t19?,22?,23-,24+,25+;19?,22?,23-,24-,25-/m00/s1. The Labute approximate surface area is 415 Å². The number of carboxylic acids is 2. The highest BCUT2D eigenvalue weighted by Crippen LogP contribution is 2.57. The molecule has 6 atom stereocenters. The Balaban J connectivity index is 0.000000174. The number of hydrogen-bond acceptors (Lipinski definition) is 8. The summed E-state index contributed by atoms with van der Waals surface area (Å²) in [5, 5.41) is 28.8. The summed E-state index contributed by atoms with van der Waals surface area (Å²) in [5.41, 5.74) is 10.9. The molecule has 0 amide bonds. The number of rotatable bonds is 18. The maximum absolute atomic E-state index is 13.6. The molecule has 10 nitrogen and oxygen atoms in total. The lowest BCUT2D eigenvalue weighted by Gasteiger charge is -2.35. The van der Waals surface area contributed by atoms with E-state index in [1.807, 2.05) is 38.1 Å². The molecular formula is C60H78N2O8. The predicted octanol–water partition coefficient (Wildman–Crippen LogP) is 13.4. The predicted molar refractivity (Wildman–Crippen MR) is 269 cm³/mol. The fourth-order valence-corrected chi connectivity index (χ4v) is 13.5. The monoisotopic (exact) mass is 955 g/mol. The van der Waals surface area contributed by atoms with Crippen LogP contribution in [0.1, 0.15) is 221 Å². The van der Waals surface area contributed by atoms with Crippen LogP contribution >= 0.6 is 0 Å². The average molecular weight is 955 g/mol. The Morgan fingerprint density at radius 2 is 0.914 bits per heavy atom. The summed E-state index contributed by atoms with van der Waals surface area (Å²) in [7, 11) is 0. The van der Waals surface area contributed by atoms with E-state index >= 15 is 0 Å². The van der Waals surface area contributed by atoms with Crippen molar-refractivity contribution in [2.24, 2.45) is 47.3 Å². The minimum absolute atomic E-state index is 0.137. The molecule has 2 heterocycles. The fourth-order valence-electron chi connectivity index (χ4n) is 13.5. The van der Waals surface area contributed by atoms with Crippen molar-refractivity contribution < 1.29 is 38.4 Å². The quantitative estimate of drug-likeness (QED) is 0.0982. The lowest BCUT2D eigenvalue weighted by atomic mass is 9.69. The summed E-state index contributed by atoms with van der Waals surface area (Å²) >= 11 is 0. The molecule has 6 fully saturated rings. The van der Waals surface area contributed by atoms with Gasteiger partial charge in [0.25, 0.3) is 0 Å². The first kappa shape index (κ1) is 50.1. The van der Waals surface area contributed by atoms with E-state index in [1.54, 1.807) is 0 Å². The van der Waals surface area contributed by atoms with Crippen LogP contribution in [-0.2, 0) is 32.0 Å². The van der Waals surface area contributed by atoms with E-state index in [4.69, 9.17) is 9.05 Å². The van der Waals surface area contributed by atoms with Crippen LogP contribution in [0.4, 0.5) is 0 Å². The number of aliphatic carboxylic acids is 2. The lowest BCUT2D eigenvalue weighted by molar-refractivity contribution is -0.142. The number of aryl methyl sites for hydroxylation is 4. The Bertz CT molecular complexity index is 2390. The summed E-state index contributed by atoms with van der Waals surface area (Å²) in [6.07, 6.45) is 14.1. The zero-order valence-electron chi connectivity index (χ0n) is 43.1. The molecule has 6 saturated carbocycles. The largest absolute Gasteiger partial charge is 0.481 e. The molecule has 4 aromatic rings. The maximum Gasteiger partial charge on any atom is 0.306 e. The summed E-state index contributed by atoms with van der Waals surface area (Å²) < 4.78 is 12.1. The molecule has 10 rings (SSSR count). The smallest absolute Gasteiger partial charge is 0.306 e. The highest BCUT2D eigenvalue weighted by atomic mass is 16.5. The van der Waals surface area contributed by atoms with Crippen molar-refractivity contribution in [1.82, 2.24) is 10.3 Å². The van der Waals surface area contributed by atoms with Crippen LogP contribution in [0, 0.1) is 75.0 Å². The van der Waals surface area contributed by atoms with E-state index in [9.17, 15) is 29.4 Å². The Morgan fingerprint density at radius 3 is 1.23 bits per heavy atom. The van der Waals surface area contributed by atoms with Crippen molar-refractivity contribution in [2.45, 2.75) is 194 Å². The van der Waals surface area contributed by atoms with Crippen molar-refractivity contribution in [2.75, 3.05) is 0 Å². The van der Waals surface area contributed by atoms with Crippen LogP contribution in [0.3, 0.4) is 0 Å². The van der Waals surface area contributed by atoms with Crippen LogP contribution in [0.15, 0.2) is 45.4 Å². The van der Waals surface area contributed by atoms with E-state index in [1.165, 1.54) is 35.1 Å². The minimum Gasteiger partial charge on any atom is -0.481 e. The summed E-state index contributed by atoms with van der Waals surface area (Å²) in [5.74, 6) is 3.54. The third kappa shape index (κ3) is 11.0. The first-order chi connectivity index (χ1) is 33.4. The van der Waals surface area contributed by atoms with Crippen molar-refractivity contribution in [3.05, 3.63) is 104 Å². The highest BCUT2D eigenvalue weighted by molar-refractivity contribution is 5.87. The number of benzene rings is 2. The average Bonchev–Trinajstić information content (AvgIpc) is 4.08. The van der Waals surface area contributed by atoms with Gasteiger partial charge >= 0.3 is 11.9 Å². The van der Waals surface area contributed by atoms with Crippen molar-refractivity contribution in [3.63, 3.8) is 0 Å². The third-order valence-electron chi connectivity index (χ3n) is 17.4. The van der Waals surface area contributed by atoms with Gasteiger partial charge in [-0.05, 0) is 175 Å². The van der Waals surface area contributed by atoms with Gasteiger partial charge in [-0.3, -0.25) is 19.2 Å². The van der Waals surface area contributed by atoms with Gasteiger partial charge < -0.3 is 19.3 Å². The molecule has 0 radical (unpaired) electrons. The van der Waals surface area contributed by atoms with E-state index < -0.39 is 23.8 Å². The van der Waals surface area contributed by atoms with Gasteiger partial charge in [0.05, 0.1) is 23.2 Å². The van der Waals surface area contributed by atoms with Crippen molar-refractivity contribution in [3.8, 4) is 0 Å². The number of aromatic nitrogens is 2. The lowest BCUT2D eigenvalue weighted by Crippen LogP contribution is -2.24. The molecule has 0 saturated heterocycles. The molecule has 2 aromatic carbocycles. The maximum atomic E-state index is 13.6. The van der Waals surface area contributed by atoms with Gasteiger partial charge in [0, 0.05) is 59.5 Å². The molecular weight excluding hydrogens is 877 g/mol. The highest BCUT2D eigenvalue weighted by Gasteiger charge is 2.50. The topological polar surface area (TPSA) is 161 Å². The summed E-state index contributed by atoms with van der Waals surface area (Å²) in [6, 6.07) is 12.4. The number of carbonyl (C=O) groups excluding carboxylic acids is 2. The Hall–Kier alpha value is -4.86. The Kier molecular flexibility index (Phi) is 14.8. The minimum atomic E-state index is -0.802. The molecule has 70 heavy (non-hydrogen) atoms. The molecule has 0 aliphatic heterocycles. The SMILES string of the molecule is Cc1ccc(CC(=O)[C@@H]2C[C@H](C(=O)O)C[C@H]2c2noc(C3CC(CC(C)C)C3)c2C2CC2)c(C)c1.Cc1ccc(CC(=O)[C@H]2C[C@H](C(=O)O)C[C@@H]2c2noc(C3CC(CC(C)C)C3)c2C2CC2)c(C)c1. The number of hydrogen-bond donors (Lipinski definition) is 2. The van der Waals surface area contributed by atoms with Gasteiger partial charge in [0.1, 0.15) is 23.1 Å². The molecule has 6 aliphatic rings. The third-order valence-corrected chi connectivity index (χ3v) is 17.4. The zero-order chi connectivity index (χ0) is 49.7. The number of Topliss-reactive ketones (excluding diaryl/α,β-unsaturated/α-hetero) is 2. The first-order valence-electron chi connectivity index (χ1n) is 27.0. The van der Waals surface area contributed by atoms with Crippen LogP contribution in [-0.4, -0.2) is 44.0 Å². The van der Waals surface area contributed by atoms with Gasteiger partial charge in [0.15, 0.2) is 0 Å². The molecule has 0 bridgehead atoms. The molecule has 2 N–H and O–H groups in total. The van der Waals surface area contributed by atoms with Gasteiger partial charge in [-0.1, -0.05) is 85.5 Å². The second-order valence-electron chi connectivity index (χ2n) is 24.2. The van der Waals surface area contributed by atoms with Crippen molar-refractivity contribution >= 4 is 23.5 Å². The molecule has 6 aliphatic carbocycles. The van der Waals surface area contributed by atoms with Crippen molar-refractivity contribution in [1.29, 1.82) is 0 Å². The molecule has 0 spiro atoms. The zero-order valence-corrected chi connectivity index (χ0v) is 43.1. The molecule has 10 heteroatoms. The van der Waals surface area contributed by atoms with Gasteiger partial charge in [-0.2, -0.15) is 0 Å². The number of carboxylic acid groups (broad SMARTS) is 2. The second-order valence-corrected chi connectivity index (χ2v) is 24.2.